The number of hydrogen-bond acceptors (Lipinski definition) is 2. The number of likely N-dealkylation sites (N-methyl/N-ethyl adjacent to an activating group) is 1. The summed E-state index contributed by atoms with van der Waals surface area (Å²) in [7, 11) is 2.25. The summed E-state index contributed by atoms with van der Waals surface area (Å²) in [6.45, 7) is 14.6. The summed E-state index contributed by atoms with van der Waals surface area (Å²) >= 11 is 0. The molecular formula is C17H28N2. The highest BCUT2D eigenvalue weighted by atomic mass is 15.2. The second kappa shape index (κ2) is 4.82. The molecule has 106 valence electrons. The van der Waals surface area contributed by atoms with E-state index >= 15 is 0 Å². The summed E-state index contributed by atoms with van der Waals surface area (Å²) in [5, 5.41) is 3.62. The quantitative estimate of drug-likeness (QED) is 0.875. The summed E-state index contributed by atoms with van der Waals surface area (Å²) in [4.78, 5) is 2.49. The summed E-state index contributed by atoms with van der Waals surface area (Å²) < 4.78 is 0. The van der Waals surface area contributed by atoms with Gasteiger partial charge in [0, 0.05) is 30.9 Å². The monoisotopic (exact) mass is 260 g/mol. The fourth-order valence-corrected chi connectivity index (χ4v) is 3.31. The topological polar surface area (TPSA) is 15.3 Å². The fourth-order valence-electron chi connectivity index (χ4n) is 3.31. The number of anilines is 1. The molecule has 1 aromatic carbocycles. The Kier molecular flexibility index (Phi) is 3.65. The SMILES string of the molecule is Cc1cc(C)c(C)c(N(C)C2CNC(C)(C)C2)c1C. The van der Waals surface area contributed by atoms with Crippen molar-refractivity contribution in [3.8, 4) is 0 Å². The third-order valence-electron chi connectivity index (χ3n) is 4.79. The Balaban J connectivity index is 2.37. The second-order valence-corrected chi connectivity index (χ2v) is 6.84. The number of aryl methyl sites for hydroxylation is 2. The van der Waals surface area contributed by atoms with E-state index in [4.69, 9.17) is 0 Å². The molecule has 1 atom stereocenters. The van der Waals surface area contributed by atoms with E-state index in [2.05, 4.69) is 64.9 Å². The van der Waals surface area contributed by atoms with Crippen molar-refractivity contribution in [3.05, 3.63) is 28.3 Å². The first-order valence-electron chi connectivity index (χ1n) is 7.28. The second-order valence-electron chi connectivity index (χ2n) is 6.84. The highest BCUT2D eigenvalue weighted by Crippen LogP contribution is 2.33. The minimum absolute atomic E-state index is 0.263. The van der Waals surface area contributed by atoms with Crippen LogP contribution in [0, 0.1) is 27.7 Å². The van der Waals surface area contributed by atoms with E-state index in [1.54, 1.807) is 0 Å². The van der Waals surface area contributed by atoms with Crippen molar-refractivity contribution < 1.29 is 0 Å². The van der Waals surface area contributed by atoms with Gasteiger partial charge in [0.05, 0.1) is 0 Å². The molecule has 0 radical (unpaired) electrons. The maximum absolute atomic E-state index is 3.62. The molecule has 0 aliphatic carbocycles. The van der Waals surface area contributed by atoms with Gasteiger partial charge in [-0.2, -0.15) is 0 Å². The lowest BCUT2D eigenvalue weighted by atomic mass is 9.95. The highest BCUT2D eigenvalue weighted by Gasteiger charge is 2.33. The number of rotatable bonds is 2. The fraction of sp³-hybridized carbons (Fsp3) is 0.647. The molecule has 0 spiro atoms. The minimum atomic E-state index is 0.263. The maximum atomic E-state index is 3.62. The molecule has 0 saturated carbocycles. The molecule has 0 bridgehead atoms. The zero-order chi connectivity index (χ0) is 14.4. The van der Waals surface area contributed by atoms with Gasteiger partial charge >= 0.3 is 0 Å². The van der Waals surface area contributed by atoms with E-state index in [1.807, 2.05) is 0 Å². The van der Waals surface area contributed by atoms with Gasteiger partial charge < -0.3 is 10.2 Å². The van der Waals surface area contributed by atoms with E-state index in [9.17, 15) is 0 Å². The summed E-state index contributed by atoms with van der Waals surface area (Å²) in [6.07, 6.45) is 1.20. The summed E-state index contributed by atoms with van der Waals surface area (Å²) in [5.74, 6) is 0. The van der Waals surface area contributed by atoms with Gasteiger partial charge in [-0.15, -0.1) is 0 Å². The first kappa shape index (κ1) is 14.4. The molecule has 1 aliphatic rings. The first-order chi connectivity index (χ1) is 8.73. The van der Waals surface area contributed by atoms with Crippen molar-refractivity contribution in [1.29, 1.82) is 0 Å². The predicted octanol–water partition coefficient (Wildman–Crippen LogP) is 3.50. The van der Waals surface area contributed by atoms with Crippen LogP contribution in [0.25, 0.3) is 0 Å². The van der Waals surface area contributed by atoms with Crippen LogP contribution in [0.5, 0.6) is 0 Å². The largest absolute Gasteiger partial charge is 0.370 e. The molecule has 2 heteroatoms. The summed E-state index contributed by atoms with van der Waals surface area (Å²) in [5.41, 5.74) is 7.34. The zero-order valence-electron chi connectivity index (χ0n) is 13.5. The van der Waals surface area contributed by atoms with Crippen molar-refractivity contribution in [2.45, 2.75) is 59.5 Å². The Hall–Kier alpha value is -1.02. The molecule has 1 aliphatic heterocycles. The Labute approximate surface area is 118 Å². The molecule has 1 aromatic rings. The average molecular weight is 260 g/mol. The van der Waals surface area contributed by atoms with Crippen LogP contribution in [-0.2, 0) is 0 Å². The van der Waals surface area contributed by atoms with Gasteiger partial charge in [-0.25, -0.2) is 0 Å². The van der Waals surface area contributed by atoms with Gasteiger partial charge in [-0.3, -0.25) is 0 Å². The van der Waals surface area contributed by atoms with Crippen LogP contribution in [0.4, 0.5) is 5.69 Å². The van der Waals surface area contributed by atoms with Crippen LogP contribution in [0.15, 0.2) is 6.07 Å². The molecule has 1 saturated heterocycles. The van der Waals surface area contributed by atoms with E-state index < -0.39 is 0 Å². The molecule has 0 amide bonds. The minimum Gasteiger partial charge on any atom is -0.370 e. The third-order valence-corrected chi connectivity index (χ3v) is 4.79. The summed E-state index contributed by atoms with van der Waals surface area (Å²) in [6, 6.07) is 2.90. The lowest BCUT2D eigenvalue weighted by Gasteiger charge is -2.31. The number of nitrogens with one attached hydrogen (secondary N) is 1. The zero-order valence-corrected chi connectivity index (χ0v) is 13.5. The Morgan fingerprint density at radius 1 is 1.11 bits per heavy atom. The van der Waals surface area contributed by atoms with E-state index in [-0.39, 0.29) is 5.54 Å². The molecule has 2 nitrogen and oxygen atoms in total. The Morgan fingerprint density at radius 2 is 1.63 bits per heavy atom. The molecule has 19 heavy (non-hydrogen) atoms. The van der Waals surface area contributed by atoms with Crippen LogP contribution in [0.1, 0.15) is 42.5 Å². The Morgan fingerprint density at radius 3 is 2.05 bits per heavy atom. The van der Waals surface area contributed by atoms with Crippen LogP contribution in [-0.4, -0.2) is 25.2 Å². The standard InChI is InChI=1S/C17H28N2/c1-11-8-12(2)14(4)16(13(11)3)19(7)15-9-17(5,6)18-10-15/h8,15,18H,9-10H2,1-7H3. The number of nitrogens with zero attached hydrogens (tertiary/aromatic N) is 1. The maximum Gasteiger partial charge on any atom is 0.0431 e. The van der Waals surface area contributed by atoms with Gasteiger partial charge in [0.25, 0.3) is 0 Å². The van der Waals surface area contributed by atoms with Gasteiger partial charge in [0.15, 0.2) is 0 Å². The van der Waals surface area contributed by atoms with Crippen LogP contribution >= 0.6 is 0 Å². The molecule has 1 fully saturated rings. The lowest BCUT2D eigenvalue weighted by molar-refractivity contribution is 0.454. The molecule has 1 unspecified atom stereocenters. The normalized spacial score (nSPS) is 21.7. The van der Waals surface area contributed by atoms with Crippen LogP contribution < -0.4 is 10.2 Å². The lowest BCUT2D eigenvalue weighted by Crippen LogP contribution is -2.34. The van der Waals surface area contributed by atoms with Crippen LogP contribution in [0.2, 0.25) is 0 Å². The molecule has 1 heterocycles. The van der Waals surface area contributed by atoms with Crippen LogP contribution in [0.3, 0.4) is 0 Å². The molecular weight excluding hydrogens is 232 g/mol. The first-order valence-corrected chi connectivity index (χ1v) is 7.28. The smallest absolute Gasteiger partial charge is 0.0431 e. The van der Waals surface area contributed by atoms with Crippen molar-refractivity contribution >= 4 is 5.69 Å². The number of hydrogen-bond donors (Lipinski definition) is 1. The van der Waals surface area contributed by atoms with Gasteiger partial charge in [-0.05, 0) is 70.2 Å². The Bertz CT molecular complexity index is 462. The highest BCUT2D eigenvalue weighted by molar-refractivity contribution is 5.64. The van der Waals surface area contributed by atoms with E-state index in [0.29, 0.717) is 6.04 Å². The van der Waals surface area contributed by atoms with Crippen molar-refractivity contribution in [2.24, 2.45) is 0 Å². The molecule has 0 aromatic heterocycles. The number of benzene rings is 1. The third kappa shape index (κ3) is 2.64. The predicted molar refractivity (Wildman–Crippen MR) is 84.3 cm³/mol. The van der Waals surface area contributed by atoms with E-state index in [0.717, 1.165) is 6.54 Å². The molecule has 2 rings (SSSR count). The van der Waals surface area contributed by atoms with E-state index in [1.165, 1.54) is 34.4 Å². The average Bonchev–Trinajstić information content (AvgIpc) is 2.67. The van der Waals surface area contributed by atoms with Gasteiger partial charge in [0.2, 0.25) is 0 Å². The van der Waals surface area contributed by atoms with Gasteiger partial charge in [0.1, 0.15) is 0 Å². The van der Waals surface area contributed by atoms with Crippen molar-refractivity contribution in [2.75, 3.05) is 18.5 Å². The van der Waals surface area contributed by atoms with Crippen molar-refractivity contribution in [3.63, 3.8) is 0 Å². The molecule has 1 N–H and O–H groups in total. The van der Waals surface area contributed by atoms with Gasteiger partial charge in [-0.1, -0.05) is 6.07 Å². The van der Waals surface area contributed by atoms with Crippen molar-refractivity contribution in [1.82, 2.24) is 5.32 Å².